The van der Waals surface area contributed by atoms with Crippen molar-refractivity contribution < 1.29 is 22.6 Å². The van der Waals surface area contributed by atoms with E-state index in [-0.39, 0.29) is 28.7 Å². The van der Waals surface area contributed by atoms with E-state index < -0.39 is 23.9 Å². The molecule has 0 radical (unpaired) electrons. The first-order valence-electron chi connectivity index (χ1n) is 5.70. The second kappa shape index (κ2) is 5.38. The van der Waals surface area contributed by atoms with Gasteiger partial charge in [-0.05, 0) is 6.07 Å². The molecule has 0 saturated heterocycles. The summed E-state index contributed by atoms with van der Waals surface area (Å²) in [5.41, 5.74) is 5.65. The van der Waals surface area contributed by atoms with Crippen LogP contribution in [-0.2, 0) is 6.42 Å². The summed E-state index contributed by atoms with van der Waals surface area (Å²) in [6.07, 6.45) is -5.86. The topological polar surface area (TPSA) is 108 Å². The van der Waals surface area contributed by atoms with Crippen LogP contribution in [0.25, 0.3) is 11.5 Å². The first-order valence-corrected chi connectivity index (χ1v) is 5.70. The number of halogens is 3. The van der Waals surface area contributed by atoms with E-state index in [4.69, 9.17) is 10.3 Å². The van der Waals surface area contributed by atoms with Gasteiger partial charge in [-0.1, -0.05) is 5.16 Å². The maximum absolute atomic E-state index is 12.1. The Balaban J connectivity index is 2.25. The molecule has 10 heteroatoms. The minimum atomic E-state index is -4.33. The SMILES string of the molecule is Nc1ccc([N+](=O)[O-])cc1-c1nc(CCC(F)(F)F)no1. The van der Waals surface area contributed by atoms with Crippen molar-refractivity contribution in [2.45, 2.75) is 19.0 Å². The number of aromatic nitrogens is 2. The molecular weight excluding hydrogens is 293 g/mol. The number of hydrogen-bond acceptors (Lipinski definition) is 6. The highest BCUT2D eigenvalue weighted by molar-refractivity contribution is 5.73. The Hall–Kier alpha value is -2.65. The minimum Gasteiger partial charge on any atom is -0.398 e. The molecule has 0 spiro atoms. The molecule has 0 bridgehead atoms. The highest BCUT2D eigenvalue weighted by atomic mass is 19.4. The predicted molar refractivity (Wildman–Crippen MR) is 65.2 cm³/mol. The van der Waals surface area contributed by atoms with Gasteiger partial charge in [-0.2, -0.15) is 18.2 Å². The lowest BCUT2D eigenvalue weighted by Crippen LogP contribution is -2.09. The molecule has 0 unspecified atom stereocenters. The van der Waals surface area contributed by atoms with Gasteiger partial charge in [0.2, 0.25) is 0 Å². The summed E-state index contributed by atoms with van der Waals surface area (Å²) in [6.45, 7) is 0. The van der Waals surface area contributed by atoms with Gasteiger partial charge in [0.25, 0.3) is 11.6 Å². The van der Waals surface area contributed by atoms with Crippen LogP contribution in [0.5, 0.6) is 0 Å². The maximum Gasteiger partial charge on any atom is 0.389 e. The number of anilines is 1. The van der Waals surface area contributed by atoms with E-state index in [1.165, 1.54) is 12.1 Å². The summed E-state index contributed by atoms with van der Waals surface area (Å²) in [5, 5.41) is 14.1. The number of rotatable bonds is 4. The number of nitrogens with two attached hydrogens (primary N) is 1. The third-order valence-electron chi connectivity index (χ3n) is 2.58. The number of nitro benzene ring substituents is 1. The molecule has 0 saturated carbocycles. The summed E-state index contributed by atoms with van der Waals surface area (Å²) in [5.74, 6) is -0.304. The van der Waals surface area contributed by atoms with Gasteiger partial charge >= 0.3 is 6.18 Å². The van der Waals surface area contributed by atoms with E-state index in [2.05, 4.69) is 10.1 Å². The quantitative estimate of drug-likeness (QED) is 0.528. The van der Waals surface area contributed by atoms with Gasteiger partial charge in [0.15, 0.2) is 5.82 Å². The Labute approximate surface area is 115 Å². The van der Waals surface area contributed by atoms with Crippen LogP contribution >= 0.6 is 0 Å². The highest BCUT2D eigenvalue weighted by Gasteiger charge is 2.28. The number of nitrogen functional groups attached to an aromatic ring is 1. The van der Waals surface area contributed by atoms with Crippen LogP contribution in [0.1, 0.15) is 12.2 Å². The van der Waals surface area contributed by atoms with Gasteiger partial charge in [-0.15, -0.1) is 0 Å². The normalized spacial score (nSPS) is 11.6. The van der Waals surface area contributed by atoms with Crippen molar-refractivity contribution in [3.63, 3.8) is 0 Å². The fourth-order valence-electron chi connectivity index (χ4n) is 1.56. The molecule has 21 heavy (non-hydrogen) atoms. The monoisotopic (exact) mass is 302 g/mol. The fourth-order valence-corrected chi connectivity index (χ4v) is 1.56. The van der Waals surface area contributed by atoms with Crippen LogP contribution in [0.15, 0.2) is 22.7 Å². The summed E-state index contributed by atoms with van der Waals surface area (Å²) >= 11 is 0. The van der Waals surface area contributed by atoms with Gasteiger partial charge in [-0.25, -0.2) is 0 Å². The Morgan fingerprint density at radius 1 is 1.38 bits per heavy atom. The molecule has 1 aromatic heterocycles. The second-order valence-corrected chi connectivity index (χ2v) is 4.16. The number of benzene rings is 1. The minimum absolute atomic E-state index is 0.106. The number of nitro groups is 1. The van der Waals surface area contributed by atoms with Crippen molar-refractivity contribution in [3.8, 4) is 11.5 Å². The van der Waals surface area contributed by atoms with Crippen LogP contribution in [0.3, 0.4) is 0 Å². The van der Waals surface area contributed by atoms with Crippen molar-refractivity contribution in [3.05, 3.63) is 34.1 Å². The molecule has 0 fully saturated rings. The predicted octanol–water partition coefficient (Wildman–Crippen LogP) is 2.72. The zero-order chi connectivity index (χ0) is 15.6. The van der Waals surface area contributed by atoms with Crippen molar-refractivity contribution >= 4 is 11.4 Å². The summed E-state index contributed by atoms with van der Waals surface area (Å²) in [4.78, 5) is 13.8. The zero-order valence-electron chi connectivity index (χ0n) is 10.4. The second-order valence-electron chi connectivity index (χ2n) is 4.16. The lowest BCUT2D eigenvalue weighted by molar-refractivity contribution is -0.384. The lowest BCUT2D eigenvalue weighted by atomic mass is 10.1. The molecule has 0 aliphatic heterocycles. The molecule has 2 rings (SSSR count). The van der Waals surface area contributed by atoms with Gasteiger partial charge in [0.05, 0.1) is 16.9 Å². The third-order valence-corrected chi connectivity index (χ3v) is 2.58. The zero-order valence-corrected chi connectivity index (χ0v) is 10.4. The third kappa shape index (κ3) is 3.68. The van der Waals surface area contributed by atoms with Crippen LogP contribution in [-0.4, -0.2) is 21.2 Å². The number of aryl methyl sites for hydroxylation is 1. The number of hydrogen-bond donors (Lipinski definition) is 1. The molecular formula is C11H9F3N4O3. The molecule has 1 heterocycles. The van der Waals surface area contributed by atoms with Crippen LogP contribution in [0.2, 0.25) is 0 Å². The molecule has 2 aromatic rings. The Bertz CT molecular complexity index is 669. The maximum atomic E-state index is 12.1. The van der Waals surface area contributed by atoms with Crippen LogP contribution in [0, 0.1) is 10.1 Å². The average Bonchev–Trinajstić information content (AvgIpc) is 2.84. The van der Waals surface area contributed by atoms with Crippen LogP contribution < -0.4 is 5.73 Å². The number of nitrogens with zero attached hydrogens (tertiary/aromatic N) is 3. The standard InChI is InChI=1S/C11H9F3N4O3/c12-11(13,14)4-3-9-16-10(21-17-9)7-5-6(18(19)20)1-2-8(7)15/h1-2,5H,3-4,15H2. The highest BCUT2D eigenvalue weighted by Crippen LogP contribution is 2.29. The number of alkyl halides is 3. The van der Waals surface area contributed by atoms with E-state index in [9.17, 15) is 23.3 Å². The van der Waals surface area contributed by atoms with Crippen molar-refractivity contribution in [1.82, 2.24) is 10.1 Å². The Kier molecular flexibility index (Phi) is 3.78. The molecule has 0 atom stereocenters. The van der Waals surface area contributed by atoms with E-state index in [1.54, 1.807) is 0 Å². The van der Waals surface area contributed by atoms with Gasteiger partial charge in [-0.3, -0.25) is 10.1 Å². The lowest BCUT2D eigenvalue weighted by Gasteiger charge is -2.02. The Morgan fingerprint density at radius 2 is 2.10 bits per heavy atom. The molecule has 112 valence electrons. The number of non-ortho nitro benzene ring substituents is 1. The molecule has 1 aromatic carbocycles. The van der Waals surface area contributed by atoms with E-state index in [0.717, 1.165) is 6.07 Å². The van der Waals surface area contributed by atoms with Gasteiger partial charge < -0.3 is 10.3 Å². The van der Waals surface area contributed by atoms with Crippen LogP contribution in [0.4, 0.5) is 24.5 Å². The van der Waals surface area contributed by atoms with Gasteiger partial charge in [0, 0.05) is 24.2 Å². The molecule has 0 aliphatic rings. The smallest absolute Gasteiger partial charge is 0.389 e. The summed E-state index contributed by atoms with van der Waals surface area (Å²) in [7, 11) is 0. The first-order chi connectivity index (χ1) is 9.76. The van der Waals surface area contributed by atoms with E-state index >= 15 is 0 Å². The fraction of sp³-hybridized carbons (Fsp3) is 0.273. The van der Waals surface area contributed by atoms with Crippen molar-refractivity contribution in [2.24, 2.45) is 0 Å². The molecule has 2 N–H and O–H groups in total. The first kappa shape index (κ1) is 14.8. The van der Waals surface area contributed by atoms with Gasteiger partial charge in [0.1, 0.15) is 0 Å². The van der Waals surface area contributed by atoms with E-state index in [0.29, 0.717) is 0 Å². The van der Waals surface area contributed by atoms with E-state index in [1.807, 2.05) is 0 Å². The molecule has 7 nitrogen and oxygen atoms in total. The molecule has 0 aliphatic carbocycles. The average molecular weight is 302 g/mol. The Morgan fingerprint density at radius 3 is 2.71 bits per heavy atom. The van der Waals surface area contributed by atoms with Crippen molar-refractivity contribution in [1.29, 1.82) is 0 Å². The van der Waals surface area contributed by atoms with Crippen molar-refractivity contribution in [2.75, 3.05) is 5.73 Å². The molecule has 0 amide bonds. The summed E-state index contributed by atoms with van der Waals surface area (Å²) in [6, 6.07) is 3.60. The largest absolute Gasteiger partial charge is 0.398 e. The summed E-state index contributed by atoms with van der Waals surface area (Å²) < 4.78 is 41.1.